The van der Waals surface area contributed by atoms with Gasteiger partial charge in [0.05, 0.1) is 32.6 Å². The number of furan rings is 1. The Bertz CT molecular complexity index is 1120. The summed E-state index contributed by atoms with van der Waals surface area (Å²) >= 11 is 5.71. The molecular weight excluding hydrogens is 424 g/mol. The molecule has 1 aliphatic heterocycles. The lowest BCUT2D eigenvalue weighted by atomic mass is 10.0. The Hall–Kier alpha value is -2.68. The molecule has 0 saturated carbocycles. The molecule has 0 unspecified atom stereocenters. The van der Waals surface area contributed by atoms with Gasteiger partial charge >= 0.3 is 0 Å². The highest BCUT2D eigenvalue weighted by atomic mass is 32.1. The standard InChI is InChI=1S/C24H30N4O3S/c1-17-12-18(2)21-14-19(23(29)26-22(21)13-17)16-28(6-5-27-7-10-30-11-8-27)24(32)25-15-20-4-3-9-31-20/h3-4,9,12-14H,5-8,10-11,15-16H2,1-2H3,(H,25,32)(H,26,29). The molecule has 2 N–H and O–H groups in total. The summed E-state index contributed by atoms with van der Waals surface area (Å²) in [6.45, 7) is 9.96. The molecule has 0 radical (unpaired) electrons. The van der Waals surface area contributed by atoms with E-state index in [1.54, 1.807) is 6.26 Å². The summed E-state index contributed by atoms with van der Waals surface area (Å²) in [6.07, 6.45) is 1.65. The van der Waals surface area contributed by atoms with Crippen molar-refractivity contribution in [2.75, 3.05) is 39.4 Å². The number of aromatic nitrogens is 1. The van der Waals surface area contributed by atoms with E-state index < -0.39 is 0 Å². The van der Waals surface area contributed by atoms with Gasteiger partial charge in [-0.25, -0.2) is 0 Å². The molecule has 32 heavy (non-hydrogen) atoms. The molecule has 3 heterocycles. The van der Waals surface area contributed by atoms with Crippen molar-refractivity contribution < 1.29 is 9.15 Å². The molecule has 1 saturated heterocycles. The van der Waals surface area contributed by atoms with Crippen molar-refractivity contribution in [3.8, 4) is 0 Å². The Morgan fingerprint density at radius 2 is 2.06 bits per heavy atom. The van der Waals surface area contributed by atoms with E-state index in [1.165, 1.54) is 0 Å². The van der Waals surface area contributed by atoms with Gasteiger partial charge in [-0.1, -0.05) is 6.07 Å². The number of rotatable bonds is 7. The Morgan fingerprint density at radius 1 is 1.25 bits per heavy atom. The molecule has 0 spiro atoms. The predicted molar refractivity (Wildman–Crippen MR) is 130 cm³/mol. The summed E-state index contributed by atoms with van der Waals surface area (Å²) in [6, 6.07) is 9.91. The van der Waals surface area contributed by atoms with E-state index in [2.05, 4.69) is 33.1 Å². The second kappa shape index (κ2) is 10.3. The molecule has 0 amide bonds. The fraction of sp³-hybridized carbons (Fsp3) is 0.417. The molecule has 170 valence electrons. The third kappa shape index (κ3) is 5.56. The zero-order valence-corrected chi connectivity index (χ0v) is 19.5. The van der Waals surface area contributed by atoms with Gasteiger partial charge in [-0.05, 0) is 61.5 Å². The highest BCUT2D eigenvalue weighted by Crippen LogP contribution is 2.19. The SMILES string of the molecule is Cc1cc(C)c2cc(CN(CCN3CCOCC3)C(=S)NCc3ccco3)c(=O)[nH]c2c1. The topological polar surface area (TPSA) is 73.7 Å². The first-order chi connectivity index (χ1) is 15.5. The third-order valence-electron chi connectivity index (χ3n) is 5.82. The van der Waals surface area contributed by atoms with Gasteiger partial charge in [0.25, 0.3) is 5.56 Å². The van der Waals surface area contributed by atoms with Gasteiger partial charge in [0, 0.05) is 42.6 Å². The fourth-order valence-corrected chi connectivity index (χ4v) is 4.29. The number of pyridine rings is 1. The molecular formula is C24H30N4O3S. The monoisotopic (exact) mass is 454 g/mol. The molecule has 1 aromatic carbocycles. The van der Waals surface area contributed by atoms with Crippen LogP contribution in [-0.4, -0.2) is 59.3 Å². The van der Waals surface area contributed by atoms with Gasteiger partial charge in [-0.2, -0.15) is 0 Å². The van der Waals surface area contributed by atoms with Gasteiger partial charge in [0.1, 0.15) is 5.76 Å². The summed E-state index contributed by atoms with van der Waals surface area (Å²) in [7, 11) is 0. The zero-order chi connectivity index (χ0) is 22.5. The number of thiocarbonyl (C=S) groups is 1. The van der Waals surface area contributed by atoms with E-state index in [0.717, 1.165) is 60.6 Å². The van der Waals surface area contributed by atoms with Crippen molar-refractivity contribution in [2.24, 2.45) is 0 Å². The van der Waals surface area contributed by atoms with Crippen LogP contribution >= 0.6 is 12.2 Å². The maximum atomic E-state index is 12.9. The lowest BCUT2D eigenvalue weighted by molar-refractivity contribution is 0.0357. The Labute approximate surface area is 193 Å². The fourth-order valence-electron chi connectivity index (χ4n) is 4.07. The van der Waals surface area contributed by atoms with Gasteiger partial charge in [-0.3, -0.25) is 9.69 Å². The van der Waals surface area contributed by atoms with Crippen LogP contribution in [0, 0.1) is 13.8 Å². The van der Waals surface area contributed by atoms with Gasteiger partial charge in [0.2, 0.25) is 0 Å². The van der Waals surface area contributed by atoms with Crippen molar-refractivity contribution in [3.05, 3.63) is 69.4 Å². The van der Waals surface area contributed by atoms with Crippen LogP contribution in [0.15, 0.2) is 45.8 Å². The summed E-state index contributed by atoms with van der Waals surface area (Å²) in [5, 5.41) is 4.95. The van der Waals surface area contributed by atoms with E-state index in [1.807, 2.05) is 31.2 Å². The van der Waals surface area contributed by atoms with Crippen molar-refractivity contribution in [3.63, 3.8) is 0 Å². The van der Waals surface area contributed by atoms with E-state index in [-0.39, 0.29) is 5.56 Å². The zero-order valence-electron chi connectivity index (χ0n) is 18.6. The van der Waals surface area contributed by atoms with Gasteiger partial charge in [-0.15, -0.1) is 0 Å². The molecule has 1 aliphatic rings. The van der Waals surface area contributed by atoms with Crippen LogP contribution < -0.4 is 10.9 Å². The lowest BCUT2D eigenvalue weighted by Gasteiger charge is -2.31. The maximum absolute atomic E-state index is 12.9. The number of hydrogen-bond donors (Lipinski definition) is 2. The first kappa shape index (κ1) is 22.5. The van der Waals surface area contributed by atoms with Crippen LogP contribution in [0.2, 0.25) is 0 Å². The minimum Gasteiger partial charge on any atom is -0.467 e. The molecule has 8 heteroatoms. The number of benzene rings is 1. The lowest BCUT2D eigenvalue weighted by Crippen LogP contribution is -2.46. The number of morpholine rings is 1. The first-order valence-electron chi connectivity index (χ1n) is 11.0. The van der Waals surface area contributed by atoms with Crippen molar-refractivity contribution >= 4 is 28.2 Å². The summed E-state index contributed by atoms with van der Waals surface area (Å²) in [5.74, 6) is 0.815. The number of nitrogens with one attached hydrogen (secondary N) is 2. The quantitative estimate of drug-likeness (QED) is 0.532. The Morgan fingerprint density at radius 3 is 2.81 bits per heavy atom. The van der Waals surface area contributed by atoms with E-state index in [4.69, 9.17) is 21.4 Å². The third-order valence-corrected chi connectivity index (χ3v) is 6.22. The normalized spacial score (nSPS) is 14.6. The number of aryl methyl sites for hydroxylation is 2. The summed E-state index contributed by atoms with van der Waals surface area (Å²) in [4.78, 5) is 20.4. The molecule has 2 aromatic heterocycles. The maximum Gasteiger partial charge on any atom is 0.253 e. The van der Waals surface area contributed by atoms with Crippen LogP contribution in [0.5, 0.6) is 0 Å². The number of hydrogen-bond acceptors (Lipinski definition) is 5. The first-order valence-corrected chi connectivity index (χ1v) is 11.4. The average Bonchev–Trinajstić information content (AvgIpc) is 3.30. The molecule has 3 aromatic rings. The largest absolute Gasteiger partial charge is 0.467 e. The highest BCUT2D eigenvalue weighted by molar-refractivity contribution is 7.80. The predicted octanol–water partition coefficient (Wildman–Crippen LogP) is 2.95. The Balaban J connectivity index is 1.53. The van der Waals surface area contributed by atoms with Crippen molar-refractivity contribution in [2.45, 2.75) is 26.9 Å². The highest BCUT2D eigenvalue weighted by Gasteiger charge is 2.17. The second-order valence-corrected chi connectivity index (χ2v) is 8.67. The number of H-pyrrole nitrogens is 1. The minimum absolute atomic E-state index is 0.0762. The van der Waals surface area contributed by atoms with Gasteiger partial charge in [0.15, 0.2) is 5.11 Å². The summed E-state index contributed by atoms with van der Waals surface area (Å²) in [5.41, 5.74) is 3.78. The van der Waals surface area contributed by atoms with Crippen LogP contribution in [0.25, 0.3) is 10.9 Å². The second-order valence-electron chi connectivity index (χ2n) is 8.28. The molecule has 0 atom stereocenters. The van der Waals surface area contributed by atoms with E-state index >= 15 is 0 Å². The van der Waals surface area contributed by atoms with Crippen LogP contribution in [0.3, 0.4) is 0 Å². The smallest absolute Gasteiger partial charge is 0.253 e. The molecule has 0 aliphatic carbocycles. The number of fused-ring (bicyclic) bond motifs is 1. The van der Waals surface area contributed by atoms with Gasteiger partial charge < -0.3 is 24.4 Å². The average molecular weight is 455 g/mol. The molecule has 7 nitrogen and oxygen atoms in total. The molecule has 4 rings (SSSR count). The van der Waals surface area contributed by atoms with E-state index in [0.29, 0.717) is 30.3 Å². The number of aromatic amines is 1. The van der Waals surface area contributed by atoms with E-state index in [9.17, 15) is 4.79 Å². The molecule has 1 fully saturated rings. The molecule has 0 bridgehead atoms. The minimum atomic E-state index is -0.0762. The number of nitrogens with zero attached hydrogens (tertiary/aromatic N) is 2. The van der Waals surface area contributed by atoms with Crippen molar-refractivity contribution in [1.29, 1.82) is 0 Å². The van der Waals surface area contributed by atoms with Crippen LogP contribution in [0.4, 0.5) is 0 Å². The van der Waals surface area contributed by atoms with Crippen molar-refractivity contribution in [1.82, 2.24) is 20.1 Å². The van der Waals surface area contributed by atoms with Crippen LogP contribution in [-0.2, 0) is 17.8 Å². The summed E-state index contributed by atoms with van der Waals surface area (Å²) < 4.78 is 10.9. The van der Waals surface area contributed by atoms with Crippen LogP contribution in [0.1, 0.15) is 22.5 Å². The number of ether oxygens (including phenoxy) is 1. The Kier molecular flexibility index (Phi) is 7.24.